The van der Waals surface area contributed by atoms with E-state index in [9.17, 15) is 4.79 Å². The number of nitrogens with one attached hydrogen (secondary N) is 1. The summed E-state index contributed by atoms with van der Waals surface area (Å²) < 4.78 is 5.34. The summed E-state index contributed by atoms with van der Waals surface area (Å²) in [5, 5.41) is 3.34. The average molecular weight is 291 g/mol. The first-order valence-electron chi connectivity index (χ1n) is 6.33. The fraction of sp³-hybridized carbons (Fsp3) is 0.500. The standard InChI is InChI=1S/C14H19NO2S.Al/c1-14(2,3)17-13(16)15-12-10-7-5-4-6-9(10)8-11(12)18;/h4-7,11-12,18H,8H2,1-3H3,(H,15,16);/q;+1/p-1/t11-,12?;/m0./s1. The number of rotatable bonds is 2. The third-order valence-corrected chi connectivity index (χ3v) is 4.87. The summed E-state index contributed by atoms with van der Waals surface area (Å²) in [6, 6.07) is 8.28. The maximum absolute atomic E-state index is 11.9. The number of alkyl carbamates (subject to hydrolysis) is 1. The van der Waals surface area contributed by atoms with E-state index in [-0.39, 0.29) is 12.1 Å². The summed E-state index contributed by atoms with van der Waals surface area (Å²) in [6.45, 7) is 5.62. The van der Waals surface area contributed by atoms with Gasteiger partial charge in [0.25, 0.3) is 0 Å². The second-order valence-corrected chi connectivity index (χ2v) is 7.40. The smallest absolute Gasteiger partial charge is 0.408 e. The Kier molecular flexibility index (Phi) is 4.50. The lowest BCUT2D eigenvalue weighted by Crippen LogP contribution is -2.37. The van der Waals surface area contributed by atoms with Crippen LogP contribution in [0.2, 0.25) is 0 Å². The SMILES string of the molecule is CC(C)(C)OC(=O)NC1c2ccccc2C[C@@H]1[S][Al]. The van der Waals surface area contributed by atoms with Crippen LogP contribution in [0.3, 0.4) is 0 Å². The van der Waals surface area contributed by atoms with E-state index in [0.29, 0.717) is 5.25 Å². The van der Waals surface area contributed by atoms with Gasteiger partial charge in [-0.25, -0.2) is 4.79 Å². The van der Waals surface area contributed by atoms with Gasteiger partial charge >= 0.3 is 6.09 Å². The van der Waals surface area contributed by atoms with Crippen LogP contribution < -0.4 is 5.32 Å². The maximum Gasteiger partial charge on any atom is 0.408 e. The normalized spacial score (nSPS) is 21.8. The third-order valence-electron chi connectivity index (χ3n) is 3.03. The molecule has 19 heavy (non-hydrogen) atoms. The molecule has 0 spiro atoms. The molecule has 2 radical (unpaired) electrons. The van der Waals surface area contributed by atoms with Crippen LogP contribution >= 0.6 is 10.1 Å². The van der Waals surface area contributed by atoms with Crippen molar-refractivity contribution in [3.63, 3.8) is 0 Å². The number of benzene rings is 1. The van der Waals surface area contributed by atoms with Crippen LogP contribution in [0.25, 0.3) is 0 Å². The van der Waals surface area contributed by atoms with E-state index in [1.54, 1.807) is 10.1 Å². The number of carbonyl (C=O) groups is 1. The molecule has 0 fully saturated rings. The van der Waals surface area contributed by atoms with Crippen molar-refractivity contribution < 1.29 is 9.53 Å². The number of fused-ring (bicyclic) bond motifs is 1. The molecule has 0 saturated heterocycles. The quantitative estimate of drug-likeness (QED) is 0.851. The Morgan fingerprint density at radius 2 is 2.11 bits per heavy atom. The molecule has 1 aliphatic rings. The zero-order chi connectivity index (χ0) is 14.0. The molecule has 5 heteroatoms. The number of hydrogen-bond donors (Lipinski definition) is 1. The van der Waals surface area contributed by atoms with Crippen LogP contribution in [0.4, 0.5) is 4.79 Å². The van der Waals surface area contributed by atoms with E-state index in [2.05, 4.69) is 32.6 Å². The van der Waals surface area contributed by atoms with Gasteiger partial charge in [-0.2, -0.15) is 0 Å². The summed E-state index contributed by atoms with van der Waals surface area (Å²) in [6.07, 6.45) is 0.628. The summed E-state index contributed by atoms with van der Waals surface area (Å²) in [5.74, 6) is 0. The molecule has 2 rings (SSSR count). The Labute approximate surface area is 125 Å². The first kappa shape index (κ1) is 14.8. The molecule has 1 aromatic carbocycles. The van der Waals surface area contributed by atoms with E-state index in [0.717, 1.165) is 6.42 Å². The minimum absolute atomic E-state index is 0.0218. The number of hydrogen-bond acceptors (Lipinski definition) is 3. The average Bonchev–Trinajstić information content (AvgIpc) is 2.65. The predicted octanol–water partition coefficient (Wildman–Crippen LogP) is 2.99. The van der Waals surface area contributed by atoms with Crippen LogP contribution in [0, 0.1) is 0 Å². The highest BCUT2D eigenvalue weighted by atomic mass is 32.3. The maximum atomic E-state index is 11.9. The molecule has 0 heterocycles. The van der Waals surface area contributed by atoms with E-state index in [1.165, 1.54) is 11.1 Å². The zero-order valence-electron chi connectivity index (χ0n) is 11.5. The van der Waals surface area contributed by atoms with Gasteiger partial charge in [0.05, 0.1) is 6.04 Å². The van der Waals surface area contributed by atoms with Gasteiger partial charge < -0.3 is 10.1 Å². The summed E-state index contributed by atoms with van der Waals surface area (Å²) in [7, 11) is 1.70. The van der Waals surface area contributed by atoms with Gasteiger partial charge in [0.2, 0.25) is 15.2 Å². The Hall–Kier alpha value is -0.628. The second kappa shape index (κ2) is 5.78. The lowest BCUT2D eigenvalue weighted by Gasteiger charge is -2.25. The molecule has 1 aromatic rings. The fourth-order valence-electron chi connectivity index (χ4n) is 2.29. The van der Waals surface area contributed by atoms with Crippen molar-refractivity contribution >= 4 is 31.4 Å². The Morgan fingerprint density at radius 3 is 2.74 bits per heavy atom. The van der Waals surface area contributed by atoms with Crippen LogP contribution in [-0.2, 0) is 11.2 Å². The largest absolute Gasteiger partial charge is 0.444 e. The number of amides is 1. The predicted molar refractivity (Wildman–Crippen MR) is 79.4 cm³/mol. The van der Waals surface area contributed by atoms with Gasteiger partial charge in [0.1, 0.15) is 5.60 Å². The topological polar surface area (TPSA) is 38.3 Å². The van der Waals surface area contributed by atoms with Crippen molar-refractivity contribution in [3.8, 4) is 0 Å². The van der Waals surface area contributed by atoms with Crippen LogP contribution in [-0.4, -0.2) is 32.1 Å². The highest BCUT2D eigenvalue weighted by molar-refractivity contribution is 8.20. The summed E-state index contributed by atoms with van der Waals surface area (Å²) in [5.41, 5.74) is 2.04. The van der Waals surface area contributed by atoms with Gasteiger partial charge in [0, 0.05) is 5.25 Å². The Balaban J connectivity index is 2.12. The molecule has 3 nitrogen and oxygen atoms in total. The van der Waals surface area contributed by atoms with Crippen LogP contribution in [0.1, 0.15) is 37.9 Å². The monoisotopic (exact) mass is 291 g/mol. The molecule has 0 aromatic heterocycles. The molecule has 100 valence electrons. The third kappa shape index (κ3) is 3.69. The van der Waals surface area contributed by atoms with Gasteiger partial charge in [-0.1, -0.05) is 24.3 Å². The van der Waals surface area contributed by atoms with E-state index >= 15 is 0 Å². The van der Waals surface area contributed by atoms with Gasteiger partial charge in [-0.05, 0) is 38.3 Å². The molecule has 1 N–H and O–H groups in total. The van der Waals surface area contributed by atoms with Gasteiger partial charge in [-0.15, -0.1) is 0 Å². The lowest BCUT2D eigenvalue weighted by atomic mass is 10.1. The first-order chi connectivity index (χ1) is 8.90. The van der Waals surface area contributed by atoms with E-state index in [4.69, 9.17) is 4.74 Å². The van der Waals surface area contributed by atoms with Crippen LogP contribution in [0.5, 0.6) is 0 Å². The molecule has 0 aliphatic heterocycles. The fourth-order valence-corrected chi connectivity index (χ4v) is 3.70. The van der Waals surface area contributed by atoms with Crippen molar-refractivity contribution in [2.45, 2.75) is 44.1 Å². The van der Waals surface area contributed by atoms with Crippen molar-refractivity contribution in [2.75, 3.05) is 0 Å². The zero-order valence-corrected chi connectivity index (χ0v) is 13.4. The molecule has 2 atom stereocenters. The molecule has 0 bridgehead atoms. The van der Waals surface area contributed by atoms with E-state index in [1.807, 2.05) is 32.9 Å². The summed E-state index contributed by atoms with van der Waals surface area (Å²) >= 11 is 2.69. The molecule has 1 unspecified atom stereocenters. The van der Waals surface area contributed by atoms with E-state index < -0.39 is 5.60 Å². The second-order valence-electron chi connectivity index (χ2n) is 5.70. The number of carbonyl (C=O) groups excluding carboxylic acids is 1. The van der Waals surface area contributed by atoms with Crippen molar-refractivity contribution in [3.05, 3.63) is 35.4 Å². The van der Waals surface area contributed by atoms with Crippen molar-refractivity contribution in [2.24, 2.45) is 0 Å². The molecule has 1 amide bonds. The summed E-state index contributed by atoms with van der Waals surface area (Å²) in [4.78, 5) is 11.9. The van der Waals surface area contributed by atoms with Gasteiger partial charge in [0.15, 0.2) is 0 Å². The highest BCUT2D eigenvalue weighted by Gasteiger charge is 2.33. The number of ether oxygens (including phenoxy) is 1. The van der Waals surface area contributed by atoms with Gasteiger partial charge in [-0.3, -0.25) is 10.1 Å². The van der Waals surface area contributed by atoms with Crippen molar-refractivity contribution in [1.82, 2.24) is 5.32 Å². The minimum atomic E-state index is -0.466. The highest BCUT2D eigenvalue weighted by Crippen LogP contribution is 2.37. The molecular formula is C14H18AlNO2S. The molecular weight excluding hydrogens is 273 g/mol. The lowest BCUT2D eigenvalue weighted by molar-refractivity contribution is 0.0505. The Bertz CT molecular complexity index is 473. The van der Waals surface area contributed by atoms with Crippen molar-refractivity contribution in [1.29, 1.82) is 0 Å². The Morgan fingerprint density at radius 1 is 1.42 bits per heavy atom. The molecule has 1 aliphatic carbocycles. The molecule has 0 saturated carbocycles. The van der Waals surface area contributed by atoms with Crippen LogP contribution in [0.15, 0.2) is 24.3 Å². The first-order valence-corrected chi connectivity index (χ1v) is 8.69. The minimum Gasteiger partial charge on any atom is -0.444 e.